The Kier molecular flexibility index (Phi) is 5.20. The molecule has 2 N–H and O–H groups in total. The van der Waals surface area contributed by atoms with Crippen molar-refractivity contribution in [3.63, 3.8) is 0 Å². The van der Waals surface area contributed by atoms with Crippen LogP contribution in [0.1, 0.15) is 53.3 Å². The smallest absolute Gasteiger partial charge is 0.293 e. The van der Waals surface area contributed by atoms with Crippen molar-refractivity contribution in [1.29, 1.82) is 0 Å². The maximum Gasteiger partial charge on any atom is 0.293 e. The van der Waals surface area contributed by atoms with Crippen molar-refractivity contribution in [3.05, 3.63) is 77.4 Å². The highest BCUT2D eigenvalue weighted by Crippen LogP contribution is 2.28. The van der Waals surface area contributed by atoms with E-state index < -0.39 is 0 Å². The van der Waals surface area contributed by atoms with Crippen LogP contribution in [0.4, 0.5) is 0 Å². The van der Waals surface area contributed by atoms with Gasteiger partial charge in [-0.05, 0) is 30.0 Å². The number of hydrogen-bond donors (Lipinski definition) is 1. The standard InChI is InChI=1S/C23H27N5O/c1-15(2)18-11-7-8-12-21(18)28-16(3)25-22(26-28)23(29)27-13-19(20(24)14-27)17-9-5-4-6-10-17/h4-12,15,19-20H,13-14,24H2,1-3H3/t19-,20+/m0/s1. The molecule has 4 rings (SSSR count). The largest absolute Gasteiger partial charge is 0.334 e. The lowest BCUT2D eigenvalue weighted by molar-refractivity contribution is 0.0777. The van der Waals surface area contributed by atoms with Crippen LogP contribution in [-0.2, 0) is 0 Å². The van der Waals surface area contributed by atoms with Crippen LogP contribution >= 0.6 is 0 Å². The summed E-state index contributed by atoms with van der Waals surface area (Å²) in [6, 6.07) is 18.1. The van der Waals surface area contributed by atoms with Crippen LogP contribution < -0.4 is 5.73 Å². The van der Waals surface area contributed by atoms with Crippen LogP contribution in [0.15, 0.2) is 54.6 Å². The van der Waals surface area contributed by atoms with E-state index in [2.05, 4.69) is 42.1 Å². The minimum absolute atomic E-state index is 0.0915. The number of aryl methyl sites for hydroxylation is 1. The lowest BCUT2D eigenvalue weighted by atomic mass is 9.95. The average Bonchev–Trinajstić information content (AvgIpc) is 3.31. The molecule has 1 fully saturated rings. The minimum atomic E-state index is -0.164. The zero-order chi connectivity index (χ0) is 20.5. The molecule has 1 aliphatic rings. The molecular weight excluding hydrogens is 362 g/mol. The van der Waals surface area contributed by atoms with Crippen molar-refractivity contribution in [2.24, 2.45) is 5.73 Å². The summed E-state index contributed by atoms with van der Waals surface area (Å²) in [5, 5.41) is 4.56. The molecule has 0 radical (unpaired) electrons. The Morgan fingerprint density at radius 1 is 1.07 bits per heavy atom. The van der Waals surface area contributed by atoms with Gasteiger partial charge < -0.3 is 10.6 Å². The second kappa shape index (κ2) is 7.79. The maximum absolute atomic E-state index is 13.1. The molecule has 6 nitrogen and oxygen atoms in total. The van der Waals surface area contributed by atoms with Crippen LogP contribution in [0.25, 0.3) is 5.69 Å². The molecule has 1 aromatic heterocycles. The van der Waals surface area contributed by atoms with Crippen LogP contribution in [0.5, 0.6) is 0 Å². The van der Waals surface area contributed by atoms with Crippen molar-refractivity contribution in [2.75, 3.05) is 13.1 Å². The quantitative estimate of drug-likeness (QED) is 0.743. The van der Waals surface area contributed by atoms with Crippen LogP contribution in [-0.4, -0.2) is 44.7 Å². The number of benzene rings is 2. The molecule has 29 heavy (non-hydrogen) atoms. The highest BCUT2D eigenvalue weighted by molar-refractivity contribution is 5.90. The van der Waals surface area contributed by atoms with Crippen LogP contribution in [0, 0.1) is 6.92 Å². The average molecular weight is 390 g/mol. The number of carbonyl (C=O) groups is 1. The second-order valence-electron chi connectivity index (χ2n) is 8.00. The van der Waals surface area contributed by atoms with Crippen molar-refractivity contribution in [3.8, 4) is 5.69 Å². The third-order valence-electron chi connectivity index (χ3n) is 5.63. The molecule has 0 spiro atoms. The van der Waals surface area contributed by atoms with Gasteiger partial charge in [-0.2, -0.15) is 0 Å². The zero-order valence-corrected chi connectivity index (χ0v) is 17.1. The number of aromatic nitrogens is 3. The SMILES string of the molecule is Cc1nc(C(=O)N2C[C@@H](N)[C@H](c3ccccc3)C2)nn1-c1ccccc1C(C)C. The summed E-state index contributed by atoms with van der Waals surface area (Å²) >= 11 is 0. The van der Waals surface area contributed by atoms with Gasteiger partial charge in [-0.25, -0.2) is 9.67 Å². The molecule has 6 heteroatoms. The minimum Gasteiger partial charge on any atom is -0.334 e. The molecule has 0 unspecified atom stereocenters. The van der Waals surface area contributed by atoms with Crippen molar-refractivity contribution >= 4 is 5.91 Å². The molecule has 1 aliphatic heterocycles. The molecule has 0 saturated carbocycles. The van der Waals surface area contributed by atoms with Crippen LogP contribution in [0.3, 0.4) is 0 Å². The summed E-state index contributed by atoms with van der Waals surface area (Å²) in [5.41, 5.74) is 9.66. The van der Waals surface area contributed by atoms with Gasteiger partial charge in [-0.1, -0.05) is 62.4 Å². The van der Waals surface area contributed by atoms with E-state index in [0.717, 1.165) is 11.3 Å². The van der Waals surface area contributed by atoms with Crippen LogP contribution in [0.2, 0.25) is 0 Å². The third-order valence-corrected chi connectivity index (χ3v) is 5.63. The van der Waals surface area contributed by atoms with E-state index in [1.807, 2.05) is 43.3 Å². The number of likely N-dealkylation sites (tertiary alicyclic amines) is 1. The summed E-state index contributed by atoms with van der Waals surface area (Å²) in [5.74, 6) is 1.23. The highest BCUT2D eigenvalue weighted by Gasteiger charge is 2.35. The predicted molar refractivity (Wildman–Crippen MR) is 113 cm³/mol. The first-order chi connectivity index (χ1) is 14.0. The Morgan fingerprint density at radius 3 is 2.48 bits per heavy atom. The van der Waals surface area contributed by atoms with Crippen molar-refractivity contribution < 1.29 is 4.79 Å². The van der Waals surface area contributed by atoms with E-state index in [1.54, 1.807) is 9.58 Å². The molecule has 0 aliphatic carbocycles. The number of para-hydroxylation sites is 1. The highest BCUT2D eigenvalue weighted by atomic mass is 16.2. The maximum atomic E-state index is 13.1. The van der Waals surface area contributed by atoms with Crippen molar-refractivity contribution in [1.82, 2.24) is 19.7 Å². The van der Waals surface area contributed by atoms with Crippen molar-refractivity contribution in [2.45, 2.75) is 38.6 Å². The fourth-order valence-corrected chi connectivity index (χ4v) is 4.07. The number of nitrogens with two attached hydrogens (primary N) is 1. The summed E-state index contributed by atoms with van der Waals surface area (Å²) < 4.78 is 1.77. The van der Waals surface area contributed by atoms with E-state index in [0.29, 0.717) is 24.8 Å². The second-order valence-corrected chi connectivity index (χ2v) is 8.00. The van der Waals surface area contributed by atoms with Gasteiger partial charge in [0.15, 0.2) is 0 Å². The number of hydrogen-bond acceptors (Lipinski definition) is 4. The molecule has 1 amide bonds. The van der Waals surface area contributed by atoms with Gasteiger partial charge in [-0.15, -0.1) is 5.10 Å². The molecule has 2 atom stereocenters. The lowest BCUT2D eigenvalue weighted by Crippen LogP contribution is -2.32. The third kappa shape index (κ3) is 3.68. The predicted octanol–water partition coefficient (Wildman–Crippen LogP) is 3.27. The summed E-state index contributed by atoms with van der Waals surface area (Å²) in [7, 11) is 0. The van der Waals surface area contributed by atoms with Gasteiger partial charge in [-0.3, -0.25) is 4.79 Å². The van der Waals surface area contributed by atoms with Gasteiger partial charge in [0.2, 0.25) is 5.82 Å². The molecule has 2 heterocycles. The first kappa shape index (κ1) is 19.3. The number of carbonyl (C=O) groups excluding carboxylic acids is 1. The Bertz CT molecular complexity index is 1010. The first-order valence-corrected chi connectivity index (χ1v) is 10.1. The van der Waals surface area contributed by atoms with E-state index >= 15 is 0 Å². The molecule has 3 aromatic rings. The fourth-order valence-electron chi connectivity index (χ4n) is 4.07. The topological polar surface area (TPSA) is 77.0 Å². The number of rotatable bonds is 4. The fraction of sp³-hybridized carbons (Fsp3) is 0.348. The normalized spacial score (nSPS) is 19.1. The number of amides is 1. The Hall–Kier alpha value is -2.99. The Morgan fingerprint density at radius 2 is 1.76 bits per heavy atom. The Labute approximate surface area is 171 Å². The molecule has 150 valence electrons. The molecule has 1 saturated heterocycles. The van der Waals surface area contributed by atoms with E-state index in [9.17, 15) is 4.79 Å². The summed E-state index contributed by atoms with van der Waals surface area (Å²) in [6.45, 7) is 7.26. The summed E-state index contributed by atoms with van der Waals surface area (Å²) in [6.07, 6.45) is 0. The van der Waals surface area contributed by atoms with E-state index in [1.165, 1.54) is 5.56 Å². The first-order valence-electron chi connectivity index (χ1n) is 10.1. The van der Waals surface area contributed by atoms with Gasteiger partial charge in [0.1, 0.15) is 5.82 Å². The number of nitrogens with zero attached hydrogens (tertiary/aromatic N) is 4. The van der Waals surface area contributed by atoms with Gasteiger partial charge in [0.25, 0.3) is 5.91 Å². The van der Waals surface area contributed by atoms with Gasteiger partial charge in [0.05, 0.1) is 5.69 Å². The van der Waals surface area contributed by atoms with E-state index in [-0.39, 0.29) is 23.7 Å². The van der Waals surface area contributed by atoms with Gasteiger partial charge in [0, 0.05) is 25.0 Å². The molecular formula is C23H27N5O. The molecule has 0 bridgehead atoms. The van der Waals surface area contributed by atoms with E-state index in [4.69, 9.17) is 5.73 Å². The zero-order valence-electron chi connectivity index (χ0n) is 17.1. The monoisotopic (exact) mass is 389 g/mol. The Balaban J connectivity index is 1.59. The summed E-state index contributed by atoms with van der Waals surface area (Å²) in [4.78, 5) is 19.4. The molecule has 2 aromatic carbocycles. The van der Waals surface area contributed by atoms with Gasteiger partial charge >= 0.3 is 0 Å². The lowest BCUT2D eigenvalue weighted by Gasteiger charge is -2.15.